The van der Waals surface area contributed by atoms with E-state index in [2.05, 4.69) is 6.58 Å². The number of benzene rings is 1. The van der Waals surface area contributed by atoms with E-state index in [0.29, 0.717) is 17.7 Å². The van der Waals surface area contributed by atoms with E-state index in [0.717, 1.165) is 31.2 Å². The molecule has 0 fully saturated rings. The van der Waals surface area contributed by atoms with E-state index in [-0.39, 0.29) is 16.5 Å². The van der Waals surface area contributed by atoms with Gasteiger partial charge in [0.2, 0.25) is 0 Å². The number of carbonyl (C=O) groups is 2. The molecule has 0 radical (unpaired) electrons. The maximum absolute atomic E-state index is 13.8. The Bertz CT molecular complexity index is 1140. The first kappa shape index (κ1) is 25.0. The molecule has 3 rings (SSSR count). The van der Waals surface area contributed by atoms with Gasteiger partial charge in [-0.05, 0) is 62.3 Å². The van der Waals surface area contributed by atoms with Crippen LogP contribution in [0.3, 0.4) is 0 Å². The second-order valence-corrected chi connectivity index (χ2v) is 10.8. The lowest BCUT2D eigenvalue weighted by atomic mass is 9.83. The van der Waals surface area contributed by atoms with Gasteiger partial charge in [-0.2, -0.15) is 0 Å². The third-order valence-corrected chi connectivity index (χ3v) is 8.13. The molecule has 1 heterocycles. The summed E-state index contributed by atoms with van der Waals surface area (Å²) in [6.07, 6.45) is 6.01. The monoisotopic (exact) mass is 471 g/mol. The topological polar surface area (TPSA) is 82.4 Å². The molecule has 1 aliphatic carbocycles. The van der Waals surface area contributed by atoms with E-state index in [4.69, 9.17) is 4.74 Å². The number of hydrogen-bond donors (Lipinski definition) is 0. The molecular formula is C26H33NO5S. The molecule has 0 aliphatic heterocycles. The Morgan fingerprint density at radius 2 is 1.85 bits per heavy atom. The van der Waals surface area contributed by atoms with Crippen molar-refractivity contribution in [3.05, 3.63) is 65.5 Å². The fraction of sp³-hybridized carbons (Fsp3) is 0.462. The van der Waals surface area contributed by atoms with Crippen LogP contribution in [0.5, 0.6) is 0 Å². The first-order valence-electron chi connectivity index (χ1n) is 11.4. The minimum absolute atomic E-state index is 0.0438. The number of nitrogens with zero attached hydrogens (tertiary/aromatic N) is 1. The molecule has 7 heteroatoms. The minimum atomic E-state index is -4.03. The lowest BCUT2D eigenvalue weighted by molar-refractivity contribution is -0.144. The van der Waals surface area contributed by atoms with Crippen LogP contribution in [0.1, 0.15) is 72.8 Å². The molecule has 0 saturated carbocycles. The Morgan fingerprint density at radius 1 is 1.18 bits per heavy atom. The molecule has 0 amide bonds. The van der Waals surface area contributed by atoms with E-state index < -0.39 is 33.6 Å². The number of Topliss-reactive ketones (excluding diaryl/α,β-unsaturated/α-hetero) is 1. The number of aromatic nitrogens is 1. The van der Waals surface area contributed by atoms with Crippen molar-refractivity contribution in [3.8, 4) is 0 Å². The van der Waals surface area contributed by atoms with Crippen molar-refractivity contribution >= 4 is 21.8 Å². The first-order valence-corrected chi connectivity index (χ1v) is 12.9. The summed E-state index contributed by atoms with van der Waals surface area (Å²) in [5.41, 5.74) is 2.25. The summed E-state index contributed by atoms with van der Waals surface area (Å²) >= 11 is 0. The third kappa shape index (κ3) is 4.69. The number of allylic oxidation sites excluding steroid dienone is 1. The summed E-state index contributed by atoms with van der Waals surface area (Å²) < 4.78 is 33.7. The highest BCUT2D eigenvalue weighted by Crippen LogP contribution is 2.45. The number of ether oxygens (including phenoxy) is 1. The maximum Gasteiger partial charge on any atom is 0.317 e. The van der Waals surface area contributed by atoms with Gasteiger partial charge in [0.1, 0.15) is 11.6 Å². The van der Waals surface area contributed by atoms with Crippen molar-refractivity contribution in [3.63, 3.8) is 0 Å². The predicted octanol–water partition coefficient (Wildman–Crippen LogP) is 5.05. The van der Waals surface area contributed by atoms with Crippen LogP contribution >= 0.6 is 0 Å². The number of aryl methyl sites for hydroxylation is 2. The molecule has 0 unspecified atom stereocenters. The van der Waals surface area contributed by atoms with Gasteiger partial charge in [0.25, 0.3) is 10.0 Å². The third-order valence-electron chi connectivity index (χ3n) is 6.37. The van der Waals surface area contributed by atoms with Crippen LogP contribution in [0.2, 0.25) is 0 Å². The highest BCUT2D eigenvalue weighted by Gasteiger charge is 2.50. The van der Waals surface area contributed by atoms with E-state index in [1.807, 2.05) is 32.9 Å². The zero-order chi connectivity index (χ0) is 24.3. The Labute approximate surface area is 196 Å². The van der Waals surface area contributed by atoms with E-state index in [9.17, 15) is 18.0 Å². The van der Waals surface area contributed by atoms with E-state index in [1.165, 1.54) is 11.1 Å². The lowest BCUT2D eigenvalue weighted by Crippen LogP contribution is -2.30. The normalized spacial score (nSPS) is 17.9. The molecule has 0 spiro atoms. The zero-order valence-corrected chi connectivity index (χ0v) is 20.7. The molecule has 2 atom stereocenters. The summed E-state index contributed by atoms with van der Waals surface area (Å²) in [5, 5.41) is 0. The number of carbonyl (C=O) groups excluding carboxylic acids is 2. The van der Waals surface area contributed by atoms with Crippen LogP contribution in [0.25, 0.3) is 0 Å². The molecule has 0 saturated heterocycles. The molecule has 1 aromatic heterocycles. The molecule has 1 aliphatic rings. The highest BCUT2D eigenvalue weighted by atomic mass is 32.2. The van der Waals surface area contributed by atoms with Crippen LogP contribution in [0, 0.1) is 18.8 Å². The fourth-order valence-corrected chi connectivity index (χ4v) is 6.29. The summed E-state index contributed by atoms with van der Waals surface area (Å²) in [6.45, 7) is 9.49. The van der Waals surface area contributed by atoms with Crippen molar-refractivity contribution in [2.24, 2.45) is 11.8 Å². The van der Waals surface area contributed by atoms with Crippen LogP contribution in [-0.2, 0) is 26.0 Å². The average Bonchev–Trinajstić information content (AvgIpc) is 3.28. The maximum atomic E-state index is 13.8. The largest absolute Gasteiger partial charge is 0.468 e. The van der Waals surface area contributed by atoms with Crippen LogP contribution in [0.15, 0.2) is 47.9 Å². The highest BCUT2D eigenvalue weighted by molar-refractivity contribution is 7.90. The second-order valence-electron chi connectivity index (χ2n) is 9.05. The van der Waals surface area contributed by atoms with Gasteiger partial charge >= 0.3 is 5.97 Å². The first-order chi connectivity index (χ1) is 15.6. The lowest BCUT2D eigenvalue weighted by Gasteiger charge is -2.21. The molecule has 1 aromatic carbocycles. The summed E-state index contributed by atoms with van der Waals surface area (Å²) in [4.78, 5) is 26.1. The Kier molecular flexibility index (Phi) is 7.62. The number of unbranched alkanes of at least 4 members (excludes halogenated alkanes) is 3. The van der Waals surface area contributed by atoms with Crippen LogP contribution in [-0.4, -0.2) is 31.3 Å². The number of esters is 1. The fourth-order valence-electron chi connectivity index (χ4n) is 4.71. The van der Waals surface area contributed by atoms with Gasteiger partial charge in [-0.1, -0.05) is 44.0 Å². The molecule has 33 heavy (non-hydrogen) atoms. The molecule has 0 bridgehead atoms. The smallest absolute Gasteiger partial charge is 0.317 e. The number of hydrogen-bond acceptors (Lipinski definition) is 5. The van der Waals surface area contributed by atoms with Gasteiger partial charge in [0, 0.05) is 11.6 Å². The zero-order valence-electron chi connectivity index (χ0n) is 19.8. The van der Waals surface area contributed by atoms with E-state index in [1.54, 1.807) is 24.3 Å². The Morgan fingerprint density at radius 3 is 2.42 bits per heavy atom. The van der Waals surface area contributed by atoms with Crippen molar-refractivity contribution in [2.45, 2.75) is 63.7 Å². The van der Waals surface area contributed by atoms with Crippen LogP contribution < -0.4 is 0 Å². The quantitative estimate of drug-likeness (QED) is 0.210. The Balaban J connectivity index is 2.15. The van der Waals surface area contributed by atoms with Crippen LogP contribution in [0.4, 0.5) is 0 Å². The molecule has 6 nitrogen and oxygen atoms in total. The van der Waals surface area contributed by atoms with Gasteiger partial charge in [0.15, 0.2) is 5.78 Å². The van der Waals surface area contributed by atoms with Crippen molar-refractivity contribution in [1.29, 1.82) is 0 Å². The predicted molar refractivity (Wildman–Crippen MR) is 128 cm³/mol. The van der Waals surface area contributed by atoms with Gasteiger partial charge in [-0.25, -0.2) is 12.4 Å². The van der Waals surface area contributed by atoms with Crippen molar-refractivity contribution in [1.82, 2.24) is 3.97 Å². The van der Waals surface area contributed by atoms with E-state index >= 15 is 0 Å². The number of methoxy groups -OCH3 is 1. The number of ketones is 1. The van der Waals surface area contributed by atoms with Gasteiger partial charge in [0.05, 0.1) is 12.0 Å². The standard InChI is InChI=1S/C26H33NO5S/c1-6-7-8-9-10-11-19-16-21-22(17(2)3)23(26(29)32-5)25(28)24(21)27(19)33(30,31)20-14-12-18(4)13-15-20/h6,12-17,22-23H,1,7-11H2,2-5H3/t22-,23+/m0/s1. The molecule has 178 valence electrons. The van der Waals surface area contributed by atoms with Crippen molar-refractivity contribution in [2.75, 3.05) is 7.11 Å². The number of fused-ring (bicyclic) bond motifs is 1. The minimum Gasteiger partial charge on any atom is -0.468 e. The summed E-state index contributed by atoms with van der Waals surface area (Å²) in [5.74, 6) is -2.60. The summed E-state index contributed by atoms with van der Waals surface area (Å²) in [6, 6.07) is 8.41. The second kappa shape index (κ2) is 10.1. The summed E-state index contributed by atoms with van der Waals surface area (Å²) in [7, 11) is -2.77. The molecule has 2 aromatic rings. The number of rotatable bonds is 10. The Hall–Kier alpha value is -2.67. The average molecular weight is 472 g/mol. The van der Waals surface area contributed by atoms with Gasteiger partial charge in [-0.3, -0.25) is 9.59 Å². The van der Waals surface area contributed by atoms with Crippen molar-refractivity contribution < 1.29 is 22.7 Å². The molecule has 0 N–H and O–H groups in total. The SMILES string of the molecule is C=CCCCCCc1cc2c(n1S(=O)(=O)c1ccc(C)cc1)C(=O)[C@H](C(=O)OC)[C@H]2C(C)C. The van der Waals surface area contributed by atoms with Gasteiger partial charge < -0.3 is 4.74 Å². The van der Waals surface area contributed by atoms with Gasteiger partial charge in [-0.15, -0.1) is 6.58 Å². The molecular weight excluding hydrogens is 438 g/mol.